The van der Waals surface area contributed by atoms with Gasteiger partial charge in [-0.05, 0) is 6.92 Å². The first kappa shape index (κ1) is 7.61. The molecule has 66 valence electrons. The number of rotatable bonds is 1. The van der Waals surface area contributed by atoms with E-state index in [1.807, 2.05) is 13.2 Å². The number of fused-ring (bicyclic) bond motifs is 1. The number of hydrogen-bond acceptors (Lipinski definition) is 3. The lowest BCUT2D eigenvalue weighted by atomic mass is 10.2. The smallest absolute Gasteiger partial charge is 0.0770 e. The van der Waals surface area contributed by atoms with Gasteiger partial charge in [0.25, 0.3) is 0 Å². The second-order valence-corrected chi connectivity index (χ2v) is 3.22. The minimum absolute atomic E-state index is 0.530. The summed E-state index contributed by atoms with van der Waals surface area (Å²) >= 11 is 0. The van der Waals surface area contributed by atoms with E-state index in [9.17, 15) is 0 Å². The van der Waals surface area contributed by atoms with Gasteiger partial charge in [-0.15, -0.1) is 0 Å². The minimum Gasteiger partial charge on any atom is -0.385 e. The van der Waals surface area contributed by atoms with E-state index in [1.165, 1.54) is 5.69 Å². The van der Waals surface area contributed by atoms with Crippen molar-refractivity contribution < 1.29 is 0 Å². The van der Waals surface area contributed by atoms with Gasteiger partial charge in [0.1, 0.15) is 0 Å². The first-order valence-electron chi connectivity index (χ1n) is 4.27. The molecule has 12 heavy (non-hydrogen) atoms. The van der Waals surface area contributed by atoms with Crippen molar-refractivity contribution in [1.82, 2.24) is 15.1 Å². The summed E-state index contributed by atoms with van der Waals surface area (Å²) in [6.07, 6.45) is 1.88. The van der Waals surface area contributed by atoms with Crippen molar-refractivity contribution >= 4 is 5.69 Å². The molecule has 0 amide bonds. The first-order chi connectivity index (χ1) is 5.81. The van der Waals surface area contributed by atoms with Crippen molar-refractivity contribution in [3.63, 3.8) is 0 Å². The Morgan fingerprint density at radius 2 is 2.58 bits per heavy atom. The molecule has 1 aliphatic rings. The molecule has 0 saturated carbocycles. The molecule has 0 fully saturated rings. The van der Waals surface area contributed by atoms with E-state index >= 15 is 0 Å². The predicted octanol–water partition coefficient (Wildman–Crippen LogP) is 0.416. The summed E-state index contributed by atoms with van der Waals surface area (Å²) in [6.45, 7) is 4.05. The molecule has 0 spiro atoms. The van der Waals surface area contributed by atoms with Crippen LogP contribution in [0.4, 0.5) is 5.69 Å². The third-order valence-corrected chi connectivity index (χ3v) is 2.28. The van der Waals surface area contributed by atoms with Crippen LogP contribution < -0.4 is 10.6 Å². The molecular weight excluding hydrogens is 152 g/mol. The molecular formula is C8H14N4. The van der Waals surface area contributed by atoms with E-state index in [1.54, 1.807) is 0 Å². The molecule has 4 heteroatoms. The van der Waals surface area contributed by atoms with E-state index in [0.29, 0.717) is 6.04 Å². The Morgan fingerprint density at radius 1 is 1.75 bits per heavy atom. The Hall–Kier alpha value is -1.03. The van der Waals surface area contributed by atoms with Crippen molar-refractivity contribution in [3.05, 3.63) is 11.9 Å². The Labute approximate surface area is 72.0 Å². The van der Waals surface area contributed by atoms with Gasteiger partial charge in [0, 0.05) is 19.6 Å². The third-order valence-electron chi connectivity index (χ3n) is 2.28. The Balaban J connectivity index is 2.32. The Kier molecular flexibility index (Phi) is 1.77. The normalized spacial score (nSPS) is 22.0. The summed E-state index contributed by atoms with van der Waals surface area (Å²) < 4.78 is 2.06. The average Bonchev–Trinajstić information content (AvgIpc) is 2.46. The van der Waals surface area contributed by atoms with Gasteiger partial charge in [0.2, 0.25) is 0 Å². The largest absolute Gasteiger partial charge is 0.385 e. The number of aromatic nitrogens is 2. The van der Waals surface area contributed by atoms with Crippen LogP contribution in [0.5, 0.6) is 0 Å². The zero-order valence-corrected chi connectivity index (χ0v) is 7.46. The second-order valence-electron chi connectivity index (χ2n) is 3.22. The quantitative estimate of drug-likeness (QED) is 0.635. The lowest BCUT2D eigenvalue weighted by Gasteiger charge is -2.22. The monoisotopic (exact) mass is 166 g/mol. The number of nitrogens with one attached hydrogen (secondary N) is 2. The van der Waals surface area contributed by atoms with Crippen LogP contribution in [0, 0.1) is 0 Å². The van der Waals surface area contributed by atoms with Crippen molar-refractivity contribution in [3.8, 4) is 0 Å². The van der Waals surface area contributed by atoms with Gasteiger partial charge in [0.15, 0.2) is 0 Å². The number of hydrogen-bond donors (Lipinski definition) is 2. The summed E-state index contributed by atoms with van der Waals surface area (Å²) in [6, 6.07) is 0.530. The van der Waals surface area contributed by atoms with Crippen LogP contribution in [-0.2, 0) is 13.1 Å². The molecule has 1 aromatic rings. The standard InChI is InChI=1S/C8H14N4/c1-6-5-12-8(4-10-6)7(9-2)3-11-12/h3,6,9-10H,4-5H2,1-2H3/t6-/m0/s1. The molecule has 1 atom stereocenters. The van der Waals surface area contributed by atoms with E-state index in [0.717, 1.165) is 18.8 Å². The van der Waals surface area contributed by atoms with Crippen LogP contribution in [0.1, 0.15) is 12.6 Å². The number of anilines is 1. The van der Waals surface area contributed by atoms with Crippen molar-refractivity contribution in [1.29, 1.82) is 0 Å². The molecule has 1 aliphatic heterocycles. The summed E-state index contributed by atoms with van der Waals surface area (Å²) in [5.41, 5.74) is 2.39. The average molecular weight is 166 g/mol. The van der Waals surface area contributed by atoms with Gasteiger partial charge in [-0.1, -0.05) is 0 Å². The molecule has 0 radical (unpaired) electrons. The van der Waals surface area contributed by atoms with Gasteiger partial charge < -0.3 is 10.6 Å². The fourth-order valence-electron chi connectivity index (χ4n) is 1.56. The van der Waals surface area contributed by atoms with Crippen LogP contribution in [0.25, 0.3) is 0 Å². The molecule has 0 aromatic carbocycles. The first-order valence-corrected chi connectivity index (χ1v) is 4.27. The van der Waals surface area contributed by atoms with Crippen LogP contribution in [0.3, 0.4) is 0 Å². The lowest BCUT2D eigenvalue weighted by molar-refractivity contribution is 0.390. The van der Waals surface area contributed by atoms with E-state index < -0.39 is 0 Å². The lowest BCUT2D eigenvalue weighted by Crippen LogP contribution is -2.36. The Morgan fingerprint density at radius 3 is 3.33 bits per heavy atom. The van der Waals surface area contributed by atoms with Crippen molar-refractivity contribution in [2.75, 3.05) is 12.4 Å². The second kappa shape index (κ2) is 2.79. The van der Waals surface area contributed by atoms with Crippen molar-refractivity contribution in [2.24, 2.45) is 0 Å². The summed E-state index contributed by atoms with van der Waals surface area (Å²) in [7, 11) is 1.93. The summed E-state index contributed by atoms with van der Waals surface area (Å²) in [5, 5.41) is 10.8. The topological polar surface area (TPSA) is 41.9 Å². The molecule has 1 aromatic heterocycles. The molecule has 2 N–H and O–H groups in total. The summed E-state index contributed by atoms with van der Waals surface area (Å²) in [5.74, 6) is 0. The van der Waals surface area contributed by atoms with E-state index in [4.69, 9.17) is 0 Å². The van der Waals surface area contributed by atoms with Gasteiger partial charge in [-0.2, -0.15) is 5.10 Å². The highest BCUT2D eigenvalue weighted by Crippen LogP contribution is 2.17. The third kappa shape index (κ3) is 1.08. The molecule has 2 rings (SSSR count). The highest BCUT2D eigenvalue weighted by molar-refractivity contribution is 5.46. The molecule has 0 bridgehead atoms. The highest BCUT2D eigenvalue weighted by atomic mass is 15.3. The molecule has 0 aliphatic carbocycles. The minimum atomic E-state index is 0.530. The van der Waals surface area contributed by atoms with Crippen LogP contribution in [0.2, 0.25) is 0 Å². The fourth-order valence-corrected chi connectivity index (χ4v) is 1.56. The SMILES string of the molecule is CNc1cnn2c1CN[C@@H](C)C2. The maximum atomic E-state index is 4.29. The zero-order chi connectivity index (χ0) is 8.55. The fraction of sp³-hybridized carbons (Fsp3) is 0.625. The molecule has 4 nitrogen and oxygen atoms in total. The molecule has 0 unspecified atom stereocenters. The van der Waals surface area contributed by atoms with Crippen LogP contribution in [-0.4, -0.2) is 22.9 Å². The Bertz CT molecular complexity index is 279. The maximum Gasteiger partial charge on any atom is 0.0770 e. The molecule has 0 saturated heterocycles. The van der Waals surface area contributed by atoms with Crippen molar-refractivity contribution in [2.45, 2.75) is 26.1 Å². The zero-order valence-electron chi connectivity index (χ0n) is 7.46. The van der Waals surface area contributed by atoms with E-state index in [-0.39, 0.29) is 0 Å². The van der Waals surface area contributed by atoms with Crippen LogP contribution >= 0.6 is 0 Å². The van der Waals surface area contributed by atoms with Crippen LogP contribution in [0.15, 0.2) is 6.20 Å². The number of nitrogens with zero attached hydrogens (tertiary/aromatic N) is 2. The molecule has 2 heterocycles. The summed E-state index contributed by atoms with van der Waals surface area (Å²) in [4.78, 5) is 0. The highest BCUT2D eigenvalue weighted by Gasteiger charge is 2.17. The van der Waals surface area contributed by atoms with Gasteiger partial charge in [0.05, 0.1) is 24.1 Å². The van der Waals surface area contributed by atoms with Gasteiger partial charge >= 0.3 is 0 Å². The van der Waals surface area contributed by atoms with Gasteiger partial charge in [-0.25, -0.2) is 0 Å². The van der Waals surface area contributed by atoms with E-state index in [2.05, 4.69) is 27.3 Å². The van der Waals surface area contributed by atoms with Gasteiger partial charge in [-0.3, -0.25) is 4.68 Å². The maximum absolute atomic E-state index is 4.29. The predicted molar refractivity (Wildman–Crippen MR) is 48.1 cm³/mol.